The molecule has 0 fully saturated rings. The average molecular weight is 330 g/mol. The fourth-order valence-corrected chi connectivity index (χ4v) is 3.49. The number of aryl methyl sites for hydroxylation is 2. The Kier molecular flexibility index (Phi) is 3.98. The van der Waals surface area contributed by atoms with E-state index in [0.29, 0.717) is 12.0 Å². The first-order valence-corrected chi connectivity index (χ1v) is 8.44. The monoisotopic (exact) mass is 330 g/mol. The summed E-state index contributed by atoms with van der Waals surface area (Å²) in [4.78, 5) is 11.5. The molecule has 0 aliphatic rings. The number of fused-ring (bicyclic) bond motifs is 2. The molecule has 0 saturated heterocycles. The van der Waals surface area contributed by atoms with Crippen molar-refractivity contribution in [3.05, 3.63) is 83.6 Å². The van der Waals surface area contributed by atoms with Gasteiger partial charge in [0.1, 0.15) is 5.58 Å². The van der Waals surface area contributed by atoms with E-state index in [9.17, 15) is 9.90 Å². The van der Waals surface area contributed by atoms with Gasteiger partial charge in [0.15, 0.2) is 0 Å². The lowest BCUT2D eigenvalue weighted by Gasteiger charge is -2.06. The van der Waals surface area contributed by atoms with Crippen molar-refractivity contribution in [2.24, 2.45) is 0 Å². The quantitative estimate of drug-likeness (QED) is 0.528. The number of hydrogen-bond acceptors (Lipinski definition) is 2. The molecule has 0 saturated carbocycles. The lowest BCUT2D eigenvalue weighted by atomic mass is 9.97. The summed E-state index contributed by atoms with van der Waals surface area (Å²) in [6.07, 6.45) is 2.46. The van der Waals surface area contributed by atoms with Crippen LogP contribution in [0.4, 0.5) is 0 Å². The maximum absolute atomic E-state index is 11.5. The summed E-state index contributed by atoms with van der Waals surface area (Å²) in [6, 6.07) is 22.2. The number of carboxylic acids is 1. The molecule has 25 heavy (non-hydrogen) atoms. The van der Waals surface area contributed by atoms with E-state index in [4.69, 9.17) is 4.42 Å². The van der Waals surface area contributed by atoms with Gasteiger partial charge in [-0.05, 0) is 41.7 Å². The molecule has 0 atom stereocenters. The van der Waals surface area contributed by atoms with Gasteiger partial charge in [-0.1, -0.05) is 60.7 Å². The van der Waals surface area contributed by atoms with Crippen molar-refractivity contribution in [3.63, 3.8) is 0 Å². The highest BCUT2D eigenvalue weighted by atomic mass is 16.4. The van der Waals surface area contributed by atoms with Crippen LogP contribution in [0.1, 0.15) is 28.1 Å². The number of carbonyl (C=O) groups is 1. The molecule has 1 N–H and O–H groups in total. The van der Waals surface area contributed by atoms with Gasteiger partial charge in [-0.3, -0.25) is 0 Å². The molecule has 3 nitrogen and oxygen atoms in total. The topological polar surface area (TPSA) is 50.4 Å². The van der Waals surface area contributed by atoms with E-state index in [1.54, 1.807) is 0 Å². The highest BCUT2D eigenvalue weighted by Crippen LogP contribution is 2.28. The first kappa shape index (κ1) is 15.5. The van der Waals surface area contributed by atoms with Crippen LogP contribution in [0.25, 0.3) is 21.7 Å². The SMILES string of the molecule is O=C(O)c1oc2ccccc2c1CCCc1cccc2ccccc12. The number of carboxylic acid groups (broad SMARTS) is 1. The van der Waals surface area contributed by atoms with E-state index in [1.807, 2.05) is 30.3 Å². The standard InChI is InChI=1S/C22H18O3/c23-22(24)21-19(18-12-3-4-14-20(18)25-21)13-6-10-16-9-5-8-15-7-1-2-11-17(15)16/h1-5,7-9,11-12,14H,6,10,13H2,(H,23,24). The van der Waals surface area contributed by atoms with Gasteiger partial charge in [0, 0.05) is 10.9 Å². The molecule has 0 bridgehead atoms. The van der Waals surface area contributed by atoms with Crippen LogP contribution in [0.2, 0.25) is 0 Å². The number of para-hydroxylation sites is 1. The predicted molar refractivity (Wildman–Crippen MR) is 99.1 cm³/mol. The second kappa shape index (κ2) is 6.44. The Morgan fingerprint density at radius 1 is 0.840 bits per heavy atom. The highest BCUT2D eigenvalue weighted by molar-refractivity contribution is 5.95. The predicted octanol–water partition coefficient (Wildman–Crippen LogP) is 5.46. The van der Waals surface area contributed by atoms with Crippen molar-refractivity contribution in [1.82, 2.24) is 0 Å². The number of benzene rings is 3. The third-order valence-corrected chi connectivity index (χ3v) is 4.65. The summed E-state index contributed by atoms with van der Waals surface area (Å²) in [5.74, 6) is -0.935. The summed E-state index contributed by atoms with van der Waals surface area (Å²) in [6.45, 7) is 0. The van der Waals surface area contributed by atoms with Gasteiger partial charge in [0.05, 0.1) is 0 Å². The van der Waals surface area contributed by atoms with Gasteiger partial charge in [-0.15, -0.1) is 0 Å². The molecule has 124 valence electrons. The Hall–Kier alpha value is -3.07. The average Bonchev–Trinajstić information content (AvgIpc) is 3.01. The zero-order chi connectivity index (χ0) is 17.2. The largest absolute Gasteiger partial charge is 0.475 e. The number of rotatable bonds is 5. The summed E-state index contributed by atoms with van der Waals surface area (Å²) < 4.78 is 5.53. The minimum atomic E-state index is -1.00. The molecule has 1 aromatic heterocycles. The molecule has 1 heterocycles. The molecule has 0 aliphatic heterocycles. The van der Waals surface area contributed by atoms with Gasteiger partial charge >= 0.3 is 5.97 Å². The molecular weight excluding hydrogens is 312 g/mol. The van der Waals surface area contributed by atoms with Crippen LogP contribution in [-0.4, -0.2) is 11.1 Å². The molecular formula is C22H18O3. The lowest BCUT2D eigenvalue weighted by Crippen LogP contribution is -2.00. The number of furan rings is 1. The molecule has 0 radical (unpaired) electrons. The molecule has 4 rings (SSSR count). The van der Waals surface area contributed by atoms with Crippen LogP contribution >= 0.6 is 0 Å². The van der Waals surface area contributed by atoms with Crippen molar-refractivity contribution in [3.8, 4) is 0 Å². The van der Waals surface area contributed by atoms with Gasteiger partial charge in [-0.2, -0.15) is 0 Å². The molecule has 0 unspecified atom stereocenters. The van der Waals surface area contributed by atoms with Crippen LogP contribution in [-0.2, 0) is 12.8 Å². The molecule has 0 spiro atoms. The Bertz CT molecular complexity index is 1050. The Labute approximate surface area is 145 Å². The molecule has 0 aliphatic carbocycles. The molecule has 4 aromatic rings. The molecule has 3 aromatic carbocycles. The van der Waals surface area contributed by atoms with Crippen LogP contribution in [0, 0.1) is 0 Å². The zero-order valence-electron chi connectivity index (χ0n) is 13.7. The Morgan fingerprint density at radius 3 is 2.40 bits per heavy atom. The van der Waals surface area contributed by atoms with Gasteiger partial charge in [0.25, 0.3) is 0 Å². The van der Waals surface area contributed by atoms with E-state index in [0.717, 1.165) is 23.8 Å². The second-order valence-electron chi connectivity index (χ2n) is 6.20. The third kappa shape index (κ3) is 2.89. The van der Waals surface area contributed by atoms with Crippen LogP contribution < -0.4 is 0 Å². The molecule has 3 heteroatoms. The number of hydrogen-bond donors (Lipinski definition) is 1. The minimum Gasteiger partial charge on any atom is -0.475 e. The zero-order valence-corrected chi connectivity index (χ0v) is 13.7. The smallest absolute Gasteiger partial charge is 0.372 e. The van der Waals surface area contributed by atoms with Crippen LogP contribution in [0.15, 0.2) is 71.1 Å². The van der Waals surface area contributed by atoms with E-state index in [1.165, 1.54) is 16.3 Å². The fourth-order valence-electron chi connectivity index (χ4n) is 3.49. The van der Waals surface area contributed by atoms with E-state index >= 15 is 0 Å². The minimum absolute atomic E-state index is 0.0686. The van der Waals surface area contributed by atoms with Crippen molar-refractivity contribution < 1.29 is 14.3 Å². The summed E-state index contributed by atoms with van der Waals surface area (Å²) in [5.41, 5.74) is 2.73. The summed E-state index contributed by atoms with van der Waals surface area (Å²) in [7, 11) is 0. The third-order valence-electron chi connectivity index (χ3n) is 4.65. The van der Waals surface area contributed by atoms with Crippen molar-refractivity contribution in [1.29, 1.82) is 0 Å². The number of aromatic carboxylic acids is 1. The van der Waals surface area contributed by atoms with E-state index in [-0.39, 0.29) is 5.76 Å². The van der Waals surface area contributed by atoms with Gasteiger partial charge in [0.2, 0.25) is 5.76 Å². The maximum Gasteiger partial charge on any atom is 0.372 e. The summed E-state index contributed by atoms with van der Waals surface area (Å²) in [5, 5.41) is 12.8. The van der Waals surface area contributed by atoms with Crippen molar-refractivity contribution >= 4 is 27.7 Å². The van der Waals surface area contributed by atoms with Crippen LogP contribution in [0.3, 0.4) is 0 Å². The highest BCUT2D eigenvalue weighted by Gasteiger charge is 2.19. The maximum atomic E-state index is 11.5. The second-order valence-corrected chi connectivity index (χ2v) is 6.20. The van der Waals surface area contributed by atoms with Crippen molar-refractivity contribution in [2.75, 3.05) is 0 Å². The Balaban J connectivity index is 1.60. The van der Waals surface area contributed by atoms with Gasteiger partial charge in [-0.25, -0.2) is 4.79 Å². The molecule has 0 amide bonds. The first-order chi connectivity index (χ1) is 12.2. The van der Waals surface area contributed by atoms with Gasteiger partial charge < -0.3 is 9.52 Å². The normalized spacial score (nSPS) is 11.2. The lowest BCUT2D eigenvalue weighted by molar-refractivity contribution is 0.0663. The summed E-state index contributed by atoms with van der Waals surface area (Å²) >= 11 is 0. The Morgan fingerprint density at radius 2 is 1.56 bits per heavy atom. The first-order valence-electron chi connectivity index (χ1n) is 8.44. The van der Waals surface area contributed by atoms with Crippen LogP contribution in [0.5, 0.6) is 0 Å². The van der Waals surface area contributed by atoms with Crippen molar-refractivity contribution in [2.45, 2.75) is 19.3 Å². The van der Waals surface area contributed by atoms with E-state index in [2.05, 4.69) is 36.4 Å². The van der Waals surface area contributed by atoms with E-state index < -0.39 is 5.97 Å². The fraction of sp³-hybridized carbons (Fsp3) is 0.136.